The monoisotopic (exact) mass is 177 g/mol. The number of rotatable bonds is 3. The molecule has 0 saturated heterocycles. The van der Waals surface area contributed by atoms with Crippen molar-refractivity contribution in [2.45, 2.75) is 20.8 Å². The van der Waals surface area contributed by atoms with Gasteiger partial charge in [-0.05, 0) is 19.1 Å². The third-order valence-electron chi connectivity index (χ3n) is 1.43. The lowest BCUT2D eigenvalue weighted by atomic mass is 10.3. The molecule has 0 atom stereocenters. The van der Waals surface area contributed by atoms with Crippen LogP contribution in [-0.2, 0) is 0 Å². The zero-order valence-corrected chi connectivity index (χ0v) is 8.75. The van der Waals surface area contributed by atoms with Crippen LogP contribution < -0.4 is 5.32 Å². The number of hydrogen-bond donors (Lipinski definition) is 1. The van der Waals surface area contributed by atoms with Gasteiger partial charge in [0.25, 0.3) is 0 Å². The molecule has 0 bridgehead atoms. The lowest BCUT2D eigenvalue weighted by Crippen LogP contribution is -1.96. The molecule has 0 fully saturated rings. The SMILES string of the molecule is C/C=C\CNc1ccccc1.CC. The first-order valence-corrected chi connectivity index (χ1v) is 4.83. The Morgan fingerprint density at radius 1 is 1.15 bits per heavy atom. The van der Waals surface area contributed by atoms with Crippen LogP contribution in [0, 0.1) is 0 Å². The highest BCUT2D eigenvalue weighted by atomic mass is 14.8. The fraction of sp³-hybridized carbons (Fsp3) is 0.333. The molecular weight excluding hydrogens is 158 g/mol. The molecule has 1 aromatic carbocycles. The Balaban J connectivity index is 0.000000671. The lowest BCUT2D eigenvalue weighted by Gasteiger charge is -2.00. The summed E-state index contributed by atoms with van der Waals surface area (Å²) in [5.74, 6) is 0. The van der Waals surface area contributed by atoms with Gasteiger partial charge in [0.15, 0.2) is 0 Å². The van der Waals surface area contributed by atoms with E-state index in [-0.39, 0.29) is 0 Å². The van der Waals surface area contributed by atoms with Gasteiger partial charge < -0.3 is 5.32 Å². The number of hydrogen-bond acceptors (Lipinski definition) is 1. The van der Waals surface area contributed by atoms with Gasteiger partial charge in [-0.3, -0.25) is 0 Å². The Kier molecular flexibility index (Phi) is 8.01. The largest absolute Gasteiger partial charge is 0.382 e. The van der Waals surface area contributed by atoms with E-state index in [4.69, 9.17) is 0 Å². The van der Waals surface area contributed by atoms with Crippen LogP contribution >= 0.6 is 0 Å². The average molecular weight is 177 g/mol. The molecular formula is C12H19N. The van der Waals surface area contributed by atoms with E-state index >= 15 is 0 Å². The van der Waals surface area contributed by atoms with Gasteiger partial charge in [0.1, 0.15) is 0 Å². The summed E-state index contributed by atoms with van der Waals surface area (Å²) in [7, 11) is 0. The van der Waals surface area contributed by atoms with E-state index in [9.17, 15) is 0 Å². The van der Waals surface area contributed by atoms with Gasteiger partial charge >= 0.3 is 0 Å². The van der Waals surface area contributed by atoms with Crippen LogP contribution in [0.3, 0.4) is 0 Å². The van der Waals surface area contributed by atoms with Crippen molar-refractivity contribution in [3.63, 3.8) is 0 Å². The van der Waals surface area contributed by atoms with Crippen molar-refractivity contribution in [1.82, 2.24) is 0 Å². The minimum absolute atomic E-state index is 0.903. The summed E-state index contributed by atoms with van der Waals surface area (Å²) >= 11 is 0. The van der Waals surface area contributed by atoms with E-state index in [2.05, 4.69) is 23.5 Å². The van der Waals surface area contributed by atoms with Crippen LogP contribution in [-0.4, -0.2) is 6.54 Å². The Morgan fingerprint density at radius 3 is 2.31 bits per heavy atom. The van der Waals surface area contributed by atoms with Gasteiger partial charge in [0.2, 0.25) is 0 Å². The molecule has 1 aromatic rings. The smallest absolute Gasteiger partial charge is 0.0342 e. The minimum atomic E-state index is 0.903. The van der Waals surface area contributed by atoms with E-state index in [0.717, 1.165) is 6.54 Å². The molecule has 0 unspecified atom stereocenters. The molecule has 1 rings (SSSR count). The van der Waals surface area contributed by atoms with E-state index in [1.54, 1.807) is 0 Å². The summed E-state index contributed by atoms with van der Waals surface area (Å²) in [6.45, 7) is 6.92. The van der Waals surface area contributed by atoms with Crippen LogP contribution in [0.2, 0.25) is 0 Å². The highest BCUT2D eigenvalue weighted by Gasteiger charge is 1.83. The van der Waals surface area contributed by atoms with Gasteiger partial charge in [-0.2, -0.15) is 0 Å². The average Bonchev–Trinajstić information content (AvgIpc) is 2.23. The highest BCUT2D eigenvalue weighted by Crippen LogP contribution is 2.03. The second-order valence-electron chi connectivity index (χ2n) is 2.32. The Hall–Kier alpha value is -1.24. The van der Waals surface area contributed by atoms with Crippen molar-refractivity contribution in [2.24, 2.45) is 0 Å². The molecule has 0 aliphatic carbocycles. The quantitative estimate of drug-likeness (QED) is 0.694. The van der Waals surface area contributed by atoms with Gasteiger partial charge in [-0.1, -0.05) is 44.2 Å². The van der Waals surface area contributed by atoms with Crippen LogP contribution in [0.15, 0.2) is 42.5 Å². The molecule has 13 heavy (non-hydrogen) atoms. The van der Waals surface area contributed by atoms with Crippen LogP contribution in [0.25, 0.3) is 0 Å². The number of benzene rings is 1. The molecule has 0 radical (unpaired) electrons. The van der Waals surface area contributed by atoms with Crippen molar-refractivity contribution in [2.75, 3.05) is 11.9 Å². The zero-order valence-electron chi connectivity index (χ0n) is 8.75. The Morgan fingerprint density at radius 2 is 1.77 bits per heavy atom. The third-order valence-corrected chi connectivity index (χ3v) is 1.43. The van der Waals surface area contributed by atoms with E-state index in [1.165, 1.54) is 5.69 Å². The van der Waals surface area contributed by atoms with E-state index < -0.39 is 0 Å². The van der Waals surface area contributed by atoms with Crippen LogP contribution in [0.4, 0.5) is 5.69 Å². The first-order valence-electron chi connectivity index (χ1n) is 4.83. The summed E-state index contributed by atoms with van der Waals surface area (Å²) in [6, 6.07) is 10.2. The van der Waals surface area contributed by atoms with Gasteiger partial charge in [-0.25, -0.2) is 0 Å². The molecule has 1 nitrogen and oxygen atoms in total. The molecule has 0 aliphatic heterocycles. The van der Waals surface area contributed by atoms with E-state index in [1.807, 2.05) is 45.0 Å². The highest BCUT2D eigenvalue weighted by molar-refractivity contribution is 5.42. The maximum Gasteiger partial charge on any atom is 0.0342 e. The fourth-order valence-electron chi connectivity index (χ4n) is 0.851. The van der Waals surface area contributed by atoms with Crippen LogP contribution in [0.1, 0.15) is 20.8 Å². The second-order valence-corrected chi connectivity index (χ2v) is 2.32. The lowest BCUT2D eigenvalue weighted by molar-refractivity contribution is 1.33. The van der Waals surface area contributed by atoms with Crippen LogP contribution in [0.5, 0.6) is 0 Å². The number of nitrogens with one attached hydrogen (secondary N) is 1. The molecule has 1 heteroatoms. The summed E-state index contributed by atoms with van der Waals surface area (Å²) in [5.41, 5.74) is 1.17. The molecule has 0 heterocycles. The van der Waals surface area contributed by atoms with Crippen molar-refractivity contribution in [3.05, 3.63) is 42.5 Å². The van der Waals surface area contributed by atoms with Crippen molar-refractivity contribution in [3.8, 4) is 0 Å². The summed E-state index contributed by atoms with van der Waals surface area (Å²) in [4.78, 5) is 0. The number of para-hydroxylation sites is 1. The fourth-order valence-corrected chi connectivity index (χ4v) is 0.851. The third kappa shape index (κ3) is 5.97. The maximum atomic E-state index is 3.26. The van der Waals surface area contributed by atoms with Gasteiger partial charge in [-0.15, -0.1) is 0 Å². The molecule has 1 N–H and O–H groups in total. The first-order chi connectivity index (χ1) is 6.43. The maximum absolute atomic E-state index is 3.26. The molecule has 72 valence electrons. The first kappa shape index (κ1) is 11.8. The molecule has 0 saturated carbocycles. The number of allylic oxidation sites excluding steroid dienone is 1. The normalized spacial score (nSPS) is 9.15. The standard InChI is InChI=1S/C10H13N.C2H6/c1-2-3-9-11-10-7-5-4-6-8-10;1-2/h2-8,11H,9H2,1H3;1-2H3/b3-2-;. The van der Waals surface area contributed by atoms with Crippen molar-refractivity contribution in [1.29, 1.82) is 0 Å². The predicted molar refractivity (Wildman–Crippen MR) is 61.1 cm³/mol. The van der Waals surface area contributed by atoms with Gasteiger partial charge in [0.05, 0.1) is 0 Å². The molecule has 0 aliphatic rings. The predicted octanol–water partition coefficient (Wildman–Crippen LogP) is 3.70. The van der Waals surface area contributed by atoms with E-state index in [0.29, 0.717) is 0 Å². The molecule has 0 amide bonds. The van der Waals surface area contributed by atoms with Gasteiger partial charge in [0, 0.05) is 12.2 Å². The molecule has 0 spiro atoms. The molecule has 0 aromatic heterocycles. The Labute approximate surface area is 81.5 Å². The zero-order chi connectivity index (χ0) is 9.94. The second kappa shape index (κ2) is 8.85. The number of anilines is 1. The Bertz CT molecular complexity index is 214. The summed E-state index contributed by atoms with van der Waals surface area (Å²) in [6.07, 6.45) is 4.13. The topological polar surface area (TPSA) is 12.0 Å². The van der Waals surface area contributed by atoms with Crippen molar-refractivity contribution >= 4 is 5.69 Å². The summed E-state index contributed by atoms with van der Waals surface area (Å²) in [5, 5.41) is 3.26. The summed E-state index contributed by atoms with van der Waals surface area (Å²) < 4.78 is 0. The van der Waals surface area contributed by atoms with Crippen molar-refractivity contribution < 1.29 is 0 Å². The minimum Gasteiger partial charge on any atom is -0.382 e.